The van der Waals surface area contributed by atoms with Gasteiger partial charge in [0.05, 0.1) is 6.10 Å². The van der Waals surface area contributed by atoms with Gasteiger partial charge in [-0.25, -0.2) is 4.98 Å². The maximum atomic E-state index is 9.36. The molecule has 0 aromatic carbocycles. The van der Waals surface area contributed by atoms with E-state index in [0.717, 1.165) is 31.0 Å². The van der Waals surface area contributed by atoms with E-state index in [-0.39, 0.29) is 6.10 Å². The van der Waals surface area contributed by atoms with Crippen molar-refractivity contribution in [3.05, 3.63) is 23.9 Å². The number of nitrogens with zero attached hydrogens (tertiary/aromatic N) is 2. The van der Waals surface area contributed by atoms with Crippen LogP contribution in [0, 0.1) is 6.92 Å². The predicted molar refractivity (Wildman–Crippen MR) is 51.8 cm³/mol. The predicted octanol–water partition coefficient (Wildman–Crippen LogP) is 0.961. The Morgan fingerprint density at radius 2 is 2.38 bits per heavy atom. The van der Waals surface area contributed by atoms with Gasteiger partial charge in [0.2, 0.25) is 0 Å². The normalized spacial score (nSPS) is 22.3. The van der Waals surface area contributed by atoms with E-state index in [1.807, 2.05) is 25.1 Å². The van der Waals surface area contributed by atoms with Crippen LogP contribution in [0.5, 0.6) is 0 Å². The highest BCUT2D eigenvalue weighted by Gasteiger charge is 2.20. The number of aromatic nitrogens is 1. The van der Waals surface area contributed by atoms with Gasteiger partial charge in [0.15, 0.2) is 0 Å². The number of hydrogen-bond donors (Lipinski definition) is 1. The molecule has 0 saturated carbocycles. The van der Waals surface area contributed by atoms with Gasteiger partial charge in [-0.05, 0) is 25.5 Å². The highest BCUT2D eigenvalue weighted by molar-refractivity contribution is 5.40. The summed E-state index contributed by atoms with van der Waals surface area (Å²) in [4.78, 5) is 6.53. The van der Waals surface area contributed by atoms with E-state index >= 15 is 0 Å². The van der Waals surface area contributed by atoms with E-state index in [1.54, 1.807) is 0 Å². The molecule has 2 heterocycles. The maximum Gasteiger partial charge on any atom is 0.128 e. The Hall–Kier alpha value is -1.09. The standard InChI is InChI=1S/C10H14N2O/c1-8-3-2-4-10(11-8)12-6-5-9(13)7-12/h2-4,9,13H,5-7H2,1H3/t9-/m1/s1. The first kappa shape index (κ1) is 8.51. The van der Waals surface area contributed by atoms with Crippen molar-refractivity contribution >= 4 is 5.82 Å². The first-order chi connectivity index (χ1) is 6.25. The van der Waals surface area contributed by atoms with Gasteiger partial charge < -0.3 is 10.0 Å². The molecule has 0 bridgehead atoms. The molecular weight excluding hydrogens is 164 g/mol. The van der Waals surface area contributed by atoms with Gasteiger partial charge in [0, 0.05) is 18.8 Å². The summed E-state index contributed by atoms with van der Waals surface area (Å²) in [7, 11) is 0. The van der Waals surface area contributed by atoms with E-state index in [4.69, 9.17) is 0 Å². The second-order valence-corrected chi connectivity index (χ2v) is 3.53. The zero-order valence-electron chi connectivity index (χ0n) is 7.77. The Kier molecular flexibility index (Phi) is 2.19. The van der Waals surface area contributed by atoms with Crippen molar-refractivity contribution in [3.8, 4) is 0 Å². The highest BCUT2D eigenvalue weighted by atomic mass is 16.3. The van der Waals surface area contributed by atoms with Crippen LogP contribution in [0.15, 0.2) is 18.2 Å². The van der Waals surface area contributed by atoms with E-state index < -0.39 is 0 Å². The van der Waals surface area contributed by atoms with Gasteiger partial charge in [-0.3, -0.25) is 0 Å². The average molecular weight is 178 g/mol. The fourth-order valence-electron chi connectivity index (χ4n) is 1.65. The van der Waals surface area contributed by atoms with Crippen LogP contribution in [0.3, 0.4) is 0 Å². The number of aliphatic hydroxyl groups is 1. The number of β-amino-alcohol motifs (C(OH)–C–C–N with tert-alkyl or cyclic N) is 1. The highest BCUT2D eigenvalue weighted by Crippen LogP contribution is 2.17. The Morgan fingerprint density at radius 1 is 1.54 bits per heavy atom. The van der Waals surface area contributed by atoms with Gasteiger partial charge in [0.1, 0.15) is 5.82 Å². The Morgan fingerprint density at radius 3 is 3.00 bits per heavy atom. The number of aliphatic hydroxyl groups excluding tert-OH is 1. The minimum Gasteiger partial charge on any atom is -0.391 e. The Bertz CT molecular complexity index is 301. The summed E-state index contributed by atoms with van der Waals surface area (Å²) in [6.45, 7) is 3.62. The minimum atomic E-state index is -0.178. The van der Waals surface area contributed by atoms with Crippen LogP contribution in [0.1, 0.15) is 12.1 Å². The van der Waals surface area contributed by atoms with Crippen molar-refractivity contribution in [3.63, 3.8) is 0 Å². The summed E-state index contributed by atoms with van der Waals surface area (Å²) in [5, 5.41) is 9.36. The maximum absolute atomic E-state index is 9.36. The summed E-state index contributed by atoms with van der Waals surface area (Å²) in [6, 6.07) is 5.98. The first-order valence-electron chi connectivity index (χ1n) is 4.62. The smallest absolute Gasteiger partial charge is 0.128 e. The first-order valence-corrected chi connectivity index (χ1v) is 4.62. The molecule has 0 radical (unpaired) electrons. The van der Waals surface area contributed by atoms with Crippen molar-refractivity contribution in [2.45, 2.75) is 19.4 Å². The average Bonchev–Trinajstić information content (AvgIpc) is 2.52. The van der Waals surface area contributed by atoms with E-state index in [0.29, 0.717) is 0 Å². The molecule has 1 saturated heterocycles. The molecule has 2 rings (SSSR count). The second-order valence-electron chi connectivity index (χ2n) is 3.53. The molecule has 70 valence electrons. The molecule has 1 aliphatic heterocycles. The molecule has 0 aliphatic carbocycles. The van der Waals surface area contributed by atoms with Crippen molar-refractivity contribution < 1.29 is 5.11 Å². The summed E-state index contributed by atoms with van der Waals surface area (Å²) in [5.74, 6) is 0.983. The van der Waals surface area contributed by atoms with Crippen LogP contribution < -0.4 is 4.90 Å². The van der Waals surface area contributed by atoms with E-state index in [9.17, 15) is 5.11 Å². The summed E-state index contributed by atoms with van der Waals surface area (Å²) < 4.78 is 0. The summed E-state index contributed by atoms with van der Waals surface area (Å²) in [5.41, 5.74) is 1.03. The lowest BCUT2D eigenvalue weighted by molar-refractivity contribution is 0.198. The van der Waals surface area contributed by atoms with E-state index in [2.05, 4.69) is 9.88 Å². The third-order valence-corrected chi connectivity index (χ3v) is 2.36. The quantitative estimate of drug-likeness (QED) is 0.696. The molecule has 1 atom stereocenters. The zero-order chi connectivity index (χ0) is 9.26. The molecule has 1 aromatic rings. The van der Waals surface area contributed by atoms with Crippen molar-refractivity contribution in [2.24, 2.45) is 0 Å². The molecule has 1 fully saturated rings. The van der Waals surface area contributed by atoms with Gasteiger partial charge in [-0.2, -0.15) is 0 Å². The lowest BCUT2D eigenvalue weighted by atomic mass is 10.3. The summed E-state index contributed by atoms with van der Waals surface area (Å²) >= 11 is 0. The van der Waals surface area contributed by atoms with Crippen LogP contribution in [0.4, 0.5) is 5.82 Å². The lowest BCUT2D eigenvalue weighted by Crippen LogP contribution is -2.22. The summed E-state index contributed by atoms with van der Waals surface area (Å²) in [6.07, 6.45) is 0.678. The number of hydrogen-bond acceptors (Lipinski definition) is 3. The van der Waals surface area contributed by atoms with Gasteiger partial charge in [0.25, 0.3) is 0 Å². The Labute approximate surface area is 78.0 Å². The zero-order valence-corrected chi connectivity index (χ0v) is 7.77. The van der Waals surface area contributed by atoms with Gasteiger partial charge in [-0.15, -0.1) is 0 Å². The molecule has 1 aromatic heterocycles. The third-order valence-electron chi connectivity index (χ3n) is 2.36. The molecular formula is C10H14N2O. The van der Waals surface area contributed by atoms with Crippen LogP contribution >= 0.6 is 0 Å². The fourth-order valence-corrected chi connectivity index (χ4v) is 1.65. The lowest BCUT2D eigenvalue weighted by Gasteiger charge is -2.16. The molecule has 0 amide bonds. The molecule has 1 N–H and O–H groups in total. The molecule has 13 heavy (non-hydrogen) atoms. The SMILES string of the molecule is Cc1cccc(N2CC[C@@H](O)C2)n1. The van der Waals surface area contributed by atoms with Gasteiger partial charge in [-0.1, -0.05) is 6.07 Å². The number of rotatable bonds is 1. The molecule has 0 spiro atoms. The van der Waals surface area contributed by atoms with Gasteiger partial charge >= 0.3 is 0 Å². The monoisotopic (exact) mass is 178 g/mol. The number of aryl methyl sites for hydroxylation is 1. The largest absolute Gasteiger partial charge is 0.391 e. The number of anilines is 1. The van der Waals surface area contributed by atoms with Crippen molar-refractivity contribution in [2.75, 3.05) is 18.0 Å². The van der Waals surface area contributed by atoms with Crippen molar-refractivity contribution in [1.82, 2.24) is 4.98 Å². The fraction of sp³-hybridized carbons (Fsp3) is 0.500. The van der Waals surface area contributed by atoms with E-state index in [1.165, 1.54) is 0 Å². The topological polar surface area (TPSA) is 36.4 Å². The third kappa shape index (κ3) is 1.80. The second kappa shape index (κ2) is 3.34. The van der Waals surface area contributed by atoms with Crippen LogP contribution in [-0.4, -0.2) is 29.3 Å². The molecule has 3 nitrogen and oxygen atoms in total. The Balaban J connectivity index is 2.16. The molecule has 0 unspecified atom stereocenters. The van der Waals surface area contributed by atoms with Crippen LogP contribution in [0.2, 0.25) is 0 Å². The number of pyridine rings is 1. The van der Waals surface area contributed by atoms with Crippen molar-refractivity contribution in [1.29, 1.82) is 0 Å². The van der Waals surface area contributed by atoms with Crippen LogP contribution in [-0.2, 0) is 0 Å². The van der Waals surface area contributed by atoms with Crippen LogP contribution in [0.25, 0.3) is 0 Å². The molecule has 3 heteroatoms. The molecule has 1 aliphatic rings. The minimum absolute atomic E-state index is 0.178.